The molecule has 1 aliphatic carbocycles. The van der Waals surface area contributed by atoms with Crippen LogP contribution in [0.25, 0.3) is 0 Å². The number of alkyl halides is 1. The van der Waals surface area contributed by atoms with Crippen LogP contribution in [0.3, 0.4) is 0 Å². The average molecular weight is 225 g/mol. The molecule has 1 saturated carbocycles. The van der Waals surface area contributed by atoms with E-state index in [9.17, 15) is 4.79 Å². The highest BCUT2D eigenvalue weighted by atomic mass is 35.5. The third-order valence-corrected chi connectivity index (χ3v) is 3.98. The van der Waals surface area contributed by atoms with Crippen molar-refractivity contribution in [1.82, 2.24) is 0 Å². The number of ether oxygens (including phenoxy) is 1. The summed E-state index contributed by atoms with van der Waals surface area (Å²) in [5.74, 6) is -0.235. The monoisotopic (exact) mass is 224 g/mol. The molecule has 2 nitrogen and oxygen atoms in total. The number of methoxy groups -OCH3 is 1. The first kappa shape index (κ1) is 10.5. The predicted molar refractivity (Wildman–Crippen MR) is 58.7 cm³/mol. The smallest absolute Gasteiger partial charge is 0.313 e. The van der Waals surface area contributed by atoms with E-state index in [-0.39, 0.29) is 5.97 Å². The van der Waals surface area contributed by atoms with Gasteiger partial charge in [0.05, 0.1) is 17.4 Å². The highest BCUT2D eigenvalue weighted by molar-refractivity contribution is 6.29. The molecule has 0 heterocycles. The van der Waals surface area contributed by atoms with Gasteiger partial charge in [0.2, 0.25) is 0 Å². The van der Waals surface area contributed by atoms with E-state index in [1.165, 1.54) is 7.11 Å². The van der Waals surface area contributed by atoms with Gasteiger partial charge >= 0.3 is 5.97 Å². The van der Waals surface area contributed by atoms with Crippen molar-refractivity contribution >= 4 is 17.6 Å². The number of hydrogen-bond acceptors (Lipinski definition) is 2. The van der Waals surface area contributed by atoms with E-state index in [2.05, 4.69) is 0 Å². The summed E-state index contributed by atoms with van der Waals surface area (Å²) in [6.07, 6.45) is 0.637. The average Bonchev–Trinajstić information content (AvgIpc) is 2.85. The minimum Gasteiger partial charge on any atom is -0.469 e. The molecule has 0 unspecified atom stereocenters. The second-order valence-corrected chi connectivity index (χ2v) is 4.81. The van der Waals surface area contributed by atoms with E-state index in [4.69, 9.17) is 16.3 Å². The van der Waals surface area contributed by atoms with Crippen LogP contribution in [0.5, 0.6) is 0 Å². The van der Waals surface area contributed by atoms with Crippen molar-refractivity contribution in [2.75, 3.05) is 7.11 Å². The van der Waals surface area contributed by atoms with Crippen molar-refractivity contribution in [1.29, 1.82) is 0 Å². The second kappa shape index (κ2) is 3.24. The summed E-state index contributed by atoms with van der Waals surface area (Å²) in [5.41, 5.74) is 0.407. The van der Waals surface area contributed by atoms with E-state index in [0.29, 0.717) is 6.42 Å². The van der Waals surface area contributed by atoms with Gasteiger partial charge in [0, 0.05) is 0 Å². The van der Waals surface area contributed by atoms with Gasteiger partial charge in [0.25, 0.3) is 0 Å². The Kier molecular flexibility index (Phi) is 2.27. The molecule has 1 aliphatic rings. The largest absolute Gasteiger partial charge is 0.469 e. The number of benzene rings is 1. The van der Waals surface area contributed by atoms with Gasteiger partial charge in [-0.2, -0.15) is 0 Å². The standard InChI is InChI=1S/C12H13ClO2/c1-11(10(14)15-2)8-12(11,13)9-6-4-3-5-7-9/h3-7H,8H2,1-2H3/t11-,12-/m0/s1. The van der Waals surface area contributed by atoms with Crippen LogP contribution in [-0.2, 0) is 14.4 Å². The summed E-state index contributed by atoms with van der Waals surface area (Å²) in [7, 11) is 1.40. The van der Waals surface area contributed by atoms with Gasteiger partial charge in [-0.3, -0.25) is 4.79 Å². The van der Waals surface area contributed by atoms with E-state index < -0.39 is 10.3 Å². The Morgan fingerprint density at radius 1 is 1.40 bits per heavy atom. The number of carbonyl (C=O) groups is 1. The third kappa shape index (κ3) is 1.36. The van der Waals surface area contributed by atoms with Gasteiger partial charge in [0.1, 0.15) is 0 Å². The highest BCUT2D eigenvalue weighted by Gasteiger charge is 2.70. The van der Waals surface area contributed by atoms with Crippen LogP contribution in [0.1, 0.15) is 18.9 Å². The van der Waals surface area contributed by atoms with Crippen LogP contribution in [0.2, 0.25) is 0 Å². The van der Waals surface area contributed by atoms with Gasteiger partial charge in [0.15, 0.2) is 0 Å². The lowest BCUT2D eigenvalue weighted by Crippen LogP contribution is -2.21. The van der Waals surface area contributed by atoms with Crippen molar-refractivity contribution in [3.05, 3.63) is 35.9 Å². The maximum absolute atomic E-state index is 11.6. The molecule has 0 aliphatic heterocycles. The molecule has 0 N–H and O–H groups in total. The Bertz CT molecular complexity index is 390. The molecule has 80 valence electrons. The first-order valence-electron chi connectivity index (χ1n) is 4.87. The summed E-state index contributed by atoms with van der Waals surface area (Å²) in [5, 5.41) is 0. The van der Waals surface area contributed by atoms with Crippen molar-refractivity contribution < 1.29 is 9.53 Å². The Morgan fingerprint density at radius 3 is 2.53 bits per heavy atom. The first-order chi connectivity index (χ1) is 7.04. The fourth-order valence-electron chi connectivity index (χ4n) is 2.03. The molecule has 0 aromatic heterocycles. The van der Waals surface area contributed by atoms with E-state index >= 15 is 0 Å². The lowest BCUT2D eigenvalue weighted by Gasteiger charge is -2.14. The fraction of sp³-hybridized carbons (Fsp3) is 0.417. The zero-order valence-corrected chi connectivity index (χ0v) is 9.54. The number of esters is 1. The van der Waals surface area contributed by atoms with Crippen LogP contribution in [0, 0.1) is 5.41 Å². The van der Waals surface area contributed by atoms with E-state index in [0.717, 1.165) is 5.56 Å². The zero-order valence-electron chi connectivity index (χ0n) is 8.79. The molecule has 0 bridgehead atoms. The normalized spacial score (nSPS) is 33.5. The first-order valence-corrected chi connectivity index (χ1v) is 5.25. The highest BCUT2D eigenvalue weighted by Crippen LogP contribution is 2.67. The molecule has 3 heteroatoms. The third-order valence-electron chi connectivity index (χ3n) is 3.21. The van der Waals surface area contributed by atoms with Gasteiger partial charge in [-0.25, -0.2) is 0 Å². The van der Waals surface area contributed by atoms with E-state index in [1.807, 2.05) is 37.3 Å². The van der Waals surface area contributed by atoms with Gasteiger partial charge in [-0.1, -0.05) is 30.3 Å². The predicted octanol–water partition coefficient (Wildman–Crippen LogP) is 2.70. The lowest BCUT2D eigenvalue weighted by molar-refractivity contribution is -0.146. The molecule has 2 rings (SSSR count). The molecular weight excluding hydrogens is 212 g/mol. The van der Waals surface area contributed by atoms with Crippen LogP contribution < -0.4 is 0 Å². The van der Waals surface area contributed by atoms with Crippen LogP contribution in [0.15, 0.2) is 30.3 Å². The van der Waals surface area contributed by atoms with Crippen LogP contribution in [0.4, 0.5) is 0 Å². The Morgan fingerprint density at radius 2 is 2.00 bits per heavy atom. The summed E-state index contributed by atoms with van der Waals surface area (Å²) in [6.45, 7) is 1.85. The molecule has 0 radical (unpaired) electrons. The molecule has 1 aromatic carbocycles. The minimum absolute atomic E-state index is 0.235. The molecule has 0 saturated heterocycles. The van der Waals surface area contributed by atoms with Crippen LogP contribution >= 0.6 is 11.6 Å². The Hall–Kier alpha value is -1.02. The van der Waals surface area contributed by atoms with E-state index in [1.54, 1.807) is 0 Å². The SMILES string of the molecule is COC(=O)[C@]1(C)C[C@]1(Cl)c1ccccc1. The molecule has 0 spiro atoms. The summed E-state index contributed by atoms with van der Waals surface area (Å²) in [6, 6.07) is 9.68. The molecule has 2 atom stereocenters. The fourth-order valence-corrected chi connectivity index (χ4v) is 2.50. The molecular formula is C12H13ClO2. The summed E-state index contributed by atoms with van der Waals surface area (Å²) in [4.78, 5) is 11.0. The lowest BCUT2D eigenvalue weighted by atomic mass is 10.0. The molecule has 1 aromatic rings. The summed E-state index contributed by atoms with van der Waals surface area (Å²) < 4.78 is 4.77. The van der Waals surface area contributed by atoms with Gasteiger partial charge in [-0.15, -0.1) is 11.6 Å². The number of halogens is 1. The zero-order chi connectivity index (χ0) is 11.1. The maximum atomic E-state index is 11.6. The Labute approximate surface area is 94.2 Å². The Balaban J connectivity index is 2.31. The second-order valence-electron chi connectivity index (χ2n) is 4.17. The van der Waals surface area contributed by atoms with Gasteiger partial charge < -0.3 is 4.74 Å². The maximum Gasteiger partial charge on any atom is 0.313 e. The number of hydrogen-bond donors (Lipinski definition) is 0. The topological polar surface area (TPSA) is 26.3 Å². The van der Waals surface area contributed by atoms with Crippen molar-refractivity contribution in [2.45, 2.75) is 18.2 Å². The minimum atomic E-state index is -0.582. The molecule has 15 heavy (non-hydrogen) atoms. The molecule has 0 amide bonds. The number of rotatable bonds is 2. The summed E-state index contributed by atoms with van der Waals surface area (Å²) >= 11 is 6.45. The van der Waals surface area contributed by atoms with Crippen molar-refractivity contribution in [3.63, 3.8) is 0 Å². The van der Waals surface area contributed by atoms with Crippen LogP contribution in [-0.4, -0.2) is 13.1 Å². The quantitative estimate of drug-likeness (QED) is 0.570. The molecule has 1 fully saturated rings. The van der Waals surface area contributed by atoms with Crippen molar-refractivity contribution in [2.24, 2.45) is 5.41 Å². The van der Waals surface area contributed by atoms with Crippen molar-refractivity contribution in [3.8, 4) is 0 Å². The number of carbonyl (C=O) groups excluding carboxylic acids is 1. The van der Waals surface area contributed by atoms with Gasteiger partial charge in [-0.05, 0) is 18.9 Å².